The second-order valence-electron chi connectivity index (χ2n) is 5.22. The zero-order chi connectivity index (χ0) is 15.5. The number of halogens is 1. The van der Waals surface area contributed by atoms with Crippen LogP contribution in [-0.2, 0) is 9.05 Å². The van der Waals surface area contributed by atoms with Crippen LogP contribution in [0.15, 0.2) is 23.1 Å². The molecule has 0 unspecified atom stereocenters. The maximum absolute atomic E-state index is 11.6. The zero-order valence-corrected chi connectivity index (χ0v) is 13.0. The lowest BCUT2D eigenvalue weighted by Gasteiger charge is -2.22. The minimum absolute atomic E-state index is 0.112. The highest BCUT2D eigenvalue weighted by atomic mass is 35.7. The van der Waals surface area contributed by atoms with Gasteiger partial charge in [-0.3, -0.25) is 0 Å². The van der Waals surface area contributed by atoms with Crippen molar-refractivity contribution in [3.8, 4) is 5.75 Å². The predicted octanol–water partition coefficient (Wildman–Crippen LogP) is 3.27. The SMILES string of the molecule is O=C(O)c1ccc(OCC2CCCCC2)c(S(=O)(=O)Cl)c1. The van der Waals surface area contributed by atoms with Crippen LogP contribution in [0, 0.1) is 5.92 Å². The summed E-state index contributed by atoms with van der Waals surface area (Å²) in [6, 6.07) is 3.69. The Kier molecular flexibility index (Phi) is 5.11. The molecule has 21 heavy (non-hydrogen) atoms. The van der Waals surface area contributed by atoms with E-state index in [0.29, 0.717) is 12.5 Å². The molecule has 2 rings (SSSR count). The average Bonchev–Trinajstić information content (AvgIpc) is 2.45. The molecule has 116 valence electrons. The highest BCUT2D eigenvalue weighted by Crippen LogP contribution is 2.30. The Balaban J connectivity index is 2.19. The molecule has 1 N–H and O–H groups in total. The van der Waals surface area contributed by atoms with E-state index in [9.17, 15) is 13.2 Å². The van der Waals surface area contributed by atoms with Gasteiger partial charge in [0, 0.05) is 10.7 Å². The molecule has 0 heterocycles. The molecule has 0 bridgehead atoms. The van der Waals surface area contributed by atoms with E-state index in [4.69, 9.17) is 20.5 Å². The van der Waals surface area contributed by atoms with Gasteiger partial charge in [0.1, 0.15) is 10.6 Å². The Labute approximate surface area is 128 Å². The van der Waals surface area contributed by atoms with Gasteiger partial charge in [-0.05, 0) is 37.0 Å². The van der Waals surface area contributed by atoms with Crippen LogP contribution >= 0.6 is 10.7 Å². The molecule has 0 atom stereocenters. The smallest absolute Gasteiger partial charge is 0.335 e. The molecular formula is C14H17ClO5S. The van der Waals surface area contributed by atoms with Crippen molar-refractivity contribution in [2.45, 2.75) is 37.0 Å². The first kappa shape index (κ1) is 16.1. The topological polar surface area (TPSA) is 80.7 Å². The molecule has 7 heteroatoms. The molecule has 0 aliphatic heterocycles. The molecule has 1 aliphatic rings. The maximum Gasteiger partial charge on any atom is 0.335 e. The van der Waals surface area contributed by atoms with E-state index >= 15 is 0 Å². The number of carboxylic acid groups (broad SMARTS) is 1. The van der Waals surface area contributed by atoms with Gasteiger partial charge in [0.15, 0.2) is 0 Å². The van der Waals surface area contributed by atoms with E-state index in [1.54, 1.807) is 0 Å². The van der Waals surface area contributed by atoms with Crippen LogP contribution in [0.5, 0.6) is 5.75 Å². The third kappa shape index (κ3) is 4.35. The van der Waals surface area contributed by atoms with Gasteiger partial charge in [-0.1, -0.05) is 19.3 Å². The summed E-state index contributed by atoms with van der Waals surface area (Å²) in [5.74, 6) is -0.695. The first-order chi connectivity index (χ1) is 9.88. The monoisotopic (exact) mass is 332 g/mol. The van der Waals surface area contributed by atoms with Crippen molar-refractivity contribution < 1.29 is 23.1 Å². The Morgan fingerprint density at radius 1 is 1.29 bits per heavy atom. The summed E-state index contributed by atoms with van der Waals surface area (Å²) < 4.78 is 28.7. The third-order valence-electron chi connectivity index (χ3n) is 3.65. The lowest BCUT2D eigenvalue weighted by atomic mass is 9.90. The minimum atomic E-state index is -4.06. The quantitative estimate of drug-likeness (QED) is 0.837. The molecule has 5 nitrogen and oxygen atoms in total. The van der Waals surface area contributed by atoms with E-state index in [0.717, 1.165) is 31.7 Å². The number of carboxylic acids is 1. The van der Waals surface area contributed by atoms with E-state index in [1.165, 1.54) is 18.6 Å². The van der Waals surface area contributed by atoms with Crippen molar-refractivity contribution in [2.75, 3.05) is 6.61 Å². The van der Waals surface area contributed by atoms with Crippen LogP contribution in [0.3, 0.4) is 0 Å². The number of ether oxygens (including phenoxy) is 1. The fourth-order valence-corrected chi connectivity index (χ4v) is 3.51. The van der Waals surface area contributed by atoms with Gasteiger partial charge >= 0.3 is 5.97 Å². The van der Waals surface area contributed by atoms with Gasteiger partial charge in [-0.25, -0.2) is 13.2 Å². The summed E-state index contributed by atoms with van der Waals surface area (Å²) in [5, 5.41) is 8.92. The largest absolute Gasteiger partial charge is 0.492 e. The minimum Gasteiger partial charge on any atom is -0.492 e. The maximum atomic E-state index is 11.6. The van der Waals surface area contributed by atoms with Crippen LogP contribution in [0.25, 0.3) is 0 Å². The van der Waals surface area contributed by atoms with Gasteiger partial charge in [0.25, 0.3) is 9.05 Å². The molecule has 1 aromatic rings. The summed E-state index contributed by atoms with van der Waals surface area (Å²) in [7, 11) is 1.30. The van der Waals surface area contributed by atoms with E-state index in [1.807, 2.05) is 0 Å². The van der Waals surface area contributed by atoms with Crippen molar-refractivity contribution in [1.29, 1.82) is 0 Å². The normalized spacial score (nSPS) is 16.6. The lowest BCUT2D eigenvalue weighted by molar-refractivity contribution is 0.0696. The standard InChI is InChI=1S/C14H17ClO5S/c15-21(18,19)13-8-11(14(16)17)6-7-12(13)20-9-10-4-2-1-3-5-10/h6-8,10H,1-5,9H2,(H,16,17). The number of hydrogen-bond acceptors (Lipinski definition) is 4. The Morgan fingerprint density at radius 3 is 2.52 bits per heavy atom. The zero-order valence-electron chi connectivity index (χ0n) is 11.4. The number of benzene rings is 1. The molecule has 0 spiro atoms. The molecule has 0 radical (unpaired) electrons. The van der Waals surface area contributed by atoms with Gasteiger partial charge in [-0.15, -0.1) is 0 Å². The summed E-state index contributed by atoms with van der Waals surface area (Å²) in [6.07, 6.45) is 5.68. The summed E-state index contributed by atoms with van der Waals surface area (Å²) in [6.45, 7) is 0.422. The number of aromatic carboxylic acids is 1. The molecule has 1 saturated carbocycles. The van der Waals surface area contributed by atoms with Crippen LogP contribution in [0.2, 0.25) is 0 Å². The third-order valence-corrected chi connectivity index (χ3v) is 5.00. The lowest BCUT2D eigenvalue weighted by Crippen LogP contribution is -2.16. The molecule has 0 aromatic heterocycles. The highest BCUT2D eigenvalue weighted by Gasteiger charge is 2.21. The first-order valence-corrected chi connectivity index (χ1v) is 9.13. The molecule has 1 aromatic carbocycles. The number of hydrogen-bond donors (Lipinski definition) is 1. The Bertz CT molecular complexity index is 620. The average molecular weight is 333 g/mol. The fraction of sp³-hybridized carbons (Fsp3) is 0.500. The van der Waals surface area contributed by atoms with Crippen LogP contribution in [-0.4, -0.2) is 26.1 Å². The summed E-state index contributed by atoms with van der Waals surface area (Å²) in [5.41, 5.74) is -0.140. The van der Waals surface area contributed by atoms with Crippen molar-refractivity contribution in [1.82, 2.24) is 0 Å². The Hall–Kier alpha value is -1.27. The Morgan fingerprint density at radius 2 is 1.95 bits per heavy atom. The second-order valence-corrected chi connectivity index (χ2v) is 7.75. The number of rotatable bonds is 5. The molecular weight excluding hydrogens is 316 g/mol. The molecule has 1 fully saturated rings. The van der Waals surface area contributed by atoms with Crippen LogP contribution in [0.4, 0.5) is 0 Å². The van der Waals surface area contributed by atoms with Gasteiger partial charge in [-0.2, -0.15) is 0 Å². The second kappa shape index (κ2) is 6.66. The highest BCUT2D eigenvalue weighted by molar-refractivity contribution is 8.13. The number of carbonyl (C=O) groups is 1. The van der Waals surface area contributed by atoms with Crippen molar-refractivity contribution >= 4 is 25.7 Å². The van der Waals surface area contributed by atoms with Crippen molar-refractivity contribution in [3.63, 3.8) is 0 Å². The van der Waals surface area contributed by atoms with E-state index < -0.39 is 15.0 Å². The van der Waals surface area contributed by atoms with Gasteiger partial charge < -0.3 is 9.84 Å². The summed E-state index contributed by atoms with van der Waals surface area (Å²) in [4.78, 5) is 10.6. The molecule has 0 amide bonds. The van der Waals surface area contributed by atoms with Crippen molar-refractivity contribution in [2.24, 2.45) is 5.92 Å². The first-order valence-electron chi connectivity index (χ1n) is 6.83. The van der Waals surface area contributed by atoms with Crippen LogP contribution < -0.4 is 4.74 Å². The fourth-order valence-electron chi connectivity index (χ4n) is 2.51. The van der Waals surface area contributed by atoms with E-state index in [-0.39, 0.29) is 16.2 Å². The van der Waals surface area contributed by atoms with Gasteiger partial charge in [0.05, 0.1) is 12.2 Å². The van der Waals surface area contributed by atoms with Crippen LogP contribution in [0.1, 0.15) is 42.5 Å². The molecule has 1 aliphatic carbocycles. The predicted molar refractivity (Wildman–Crippen MR) is 78.5 cm³/mol. The van der Waals surface area contributed by atoms with Gasteiger partial charge in [0.2, 0.25) is 0 Å². The summed E-state index contributed by atoms with van der Waals surface area (Å²) >= 11 is 0. The van der Waals surface area contributed by atoms with E-state index in [2.05, 4.69) is 0 Å². The molecule has 0 saturated heterocycles. The van der Waals surface area contributed by atoms with Crippen molar-refractivity contribution in [3.05, 3.63) is 23.8 Å².